The first kappa shape index (κ1) is 17.1. The summed E-state index contributed by atoms with van der Waals surface area (Å²) in [5, 5.41) is 0.581. The first-order valence-electron chi connectivity index (χ1n) is 6.55. The lowest BCUT2D eigenvalue weighted by Gasteiger charge is -2.08. The summed E-state index contributed by atoms with van der Waals surface area (Å²) in [7, 11) is 0. The third kappa shape index (κ3) is 6.33. The maximum atomic E-state index is 11.7. The molecule has 1 aromatic rings. The summed E-state index contributed by atoms with van der Waals surface area (Å²) >= 11 is 5.82. The van der Waals surface area contributed by atoms with E-state index in [-0.39, 0.29) is 12.8 Å². The maximum absolute atomic E-state index is 11.7. The Kier molecular flexibility index (Phi) is 6.77. The van der Waals surface area contributed by atoms with Gasteiger partial charge >= 0.3 is 11.9 Å². The predicted octanol–water partition coefficient (Wildman–Crippen LogP) is 3.29. The Morgan fingerprint density at radius 1 is 1.33 bits per heavy atom. The second-order valence-electron chi connectivity index (χ2n) is 4.54. The van der Waals surface area contributed by atoms with Gasteiger partial charge in [0.15, 0.2) is 6.10 Å². The summed E-state index contributed by atoms with van der Waals surface area (Å²) in [4.78, 5) is 23.0. The molecule has 0 saturated heterocycles. The minimum absolute atomic E-state index is 0.126. The van der Waals surface area contributed by atoms with E-state index in [1.807, 2.05) is 0 Å². The van der Waals surface area contributed by atoms with Crippen LogP contribution >= 0.6 is 11.6 Å². The highest BCUT2D eigenvalue weighted by atomic mass is 35.5. The van der Waals surface area contributed by atoms with Crippen molar-refractivity contribution in [2.24, 2.45) is 0 Å². The van der Waals surface area contributed by atoms with Gasteiger partial charge < -0.3 is 9.47 Å². The summed E-state index contributed by atoms with van der Waals surface area (Å²) in [6.07, 6.45) is 5.14. The topological polar surface area (TPSA) is 52.6 Å². The number of hydrogen-bond acceptors (Lipinski definition) is 4. The zero-order chi connectivity index (χ0) is 15.8. The van der Waals surface area contributed by atoms with Crippen LogP contribution in [0.5, 0.6) is 5.75 Å². The third-order valence-corrected chi connectivity index (χ3v) is 2.90. The van der Waals surface area contributed by atoms with Gasteiger partial charge in [-0.1, -0.05) is 17.5 Å². The van der Waals surface area contributed by atoms with E-state index in [9.17, 15) is 9.59 Å². The Hall–Kier alpha value is -1.99. The van der Waals surface area contributed by atoms with Gasteiger partial charge in [-0.3, -0.25) is 9.59 Å². The van der Waals surface area contributed by atoms with Crippen molar-refractivity contribution in [3.8, 4) is 18.1 Å². The minimum atomic E-state index is -0.554. The quantitative estimate of drug-likeness (QED) is 0.460. The first-order valence-corrected chi connectivity index (χ1v) is 6.92. The molecule has 1 aromatic carbocycles. The van der Waals surface area contributed by atoms with Gasteiger partial charge in [-0.05, 0) is 44.0 Å². The highest BCUT2D eigenvalue weighted by molar-refractivity contribution is 6.30. The van der Waals surface area contributed by atoms with E-state index in [4.69, 9.17) is 27.5 Å². The molecule has 0 spiro atoms. The lowest BCUT2D eigenvalue weighted by atomic mass is 10.2. The van der Waals surface area contributed by atoms with E-state index in [2.05, 4.69) is 5.92 Å². The second-order valence-corrected chi connectivity index (χ2v) is 4.97. The molecule has 4 nitrogen and oxygen atoms in total. The molecule has 0 radical (unpaired) electrons. The Labute approximate surface area is 129 Å². The molecule has 21 heavy (non-hydrogen) atoms. The molecule has 112 valence electrons. The Morgan fingerprint density at radius 3 is 2.62 bits per heavy atom. The van der Waals surface area contributed by atoms with Crippen LogP contribution in [0.1, 0.15) is 31.7 Å². The largest absolute Gasteiger partial charge is 0.449 e. The van der Waals surface area contributed by atoms with Crippen molar-refractivity contribution in [1.82, 2.24) is 0 Å². The number of aryl methyl sites for hydroxylation is 1. The predicted molar refractivity (Wildman–Crippen MR) is 80.1 cm³/mol. The number of terminal acetylenes is 1. The monoisotopic (exact) mass is 308 g/mol. The number of ether oxygens (including phenoxy) is 2. The fourth-order valence-electron chi connectivity index (χ4n) is 1.57. The smallest absolute Gasteiger partial charge is 0.311 e. The molecule has 1 rings (SSSR count). The number of rotatable bonds is 6. The van der Waals surface area contributed by atoms with Gasteiger partial charge in [-0.2, -0.15) is 0 Å². The van der Waals surface area contributed by atoms with Gasteiger partial charge in [0, 0.05) is 17.9 Å². The van der Waals surface area contributed by atoms with Crippen LogP contribution in [-0.2, 0) is 14.3 Å². The number of esters is 2. The van der Waals surface area contributed by atoms with Gasteiger partial charge in [-0.25, -0.2) is 0 Å². The van der Waals surface area contributed by atoms with Crippen molar-refractivity contribution in [1.29, 1.82) is 0 Å². The van der Waals surface area contributed by atoms with Crippen LogP contribution in [0.15, 0.2) is 18.2 Å². The lowest BCUT2D eigenvalue weighted by Crippen LogP contribution is -2.14. The summed E-state index contributed by atoms with van der Waals surface area (Å²) in [6, 6.07) is 5.00. The molecular weight excluding hydrogens is 292 g/mol. The molecule has 0 aliphatic carbocycles. The van der Waals surface area contributed by atoms with E-state index < -0.39 is 18.0 Å². The molecule has 0 bridgehead atoms. The molecule has 0 aliphatic heterocycles. The molecule has 1 atom stereocenters. The normalized spacial score (nSPS) is 11.3. The van der Waals surface area contributed by atoms with Crippen LogP contribution in [0.3, 0.4) is 0 Å². The van der Waals surface area contributed by atoms with Gasteiger partial charge in [-0.15, -0.1) is 6.42 Å². The molecule has 5 heteroatoms. The lowest BCUT2D eigenvalue weighted by molar-refractivity contribution is -0.146. The standard InChI is InChI=1S/C16H17ClO4/c1-4-12(3)20-15(18)6-5-7-16(19)21-14-9-8-13(17)10-11(14)2/h1,8-10,12H,5-7H2,2-3H3. The van der Waals surface area contributed by atoms with Gasteiger partial charge in [0.2, 0.25) is 0 Å². The van der Waals surface area contributed by atoms with E-state index in [1.165, 1.54) is 0 Å². The number of hydrogen-bond donors (Lipinski definition) is 0. The summed E-state index contributed by atoms with van der Waals surface area (Å²) in [5.74, 6) is 1.93. The summed E-state index contributed by atoms with van der Waals surface area (Å²) < 4.78 is 10.1. The molecule has 0 aromatic heterocycles. The Bertz CT molecular complexity index is 560. The van der Waals surface area contributed by atoms with E-state index in [0.717, 1.165) is 5.56 Å². The zero-order valence-corrected chi connectivity index (χ0v) is 12.8. The zero-order valence-electron chi connectivity index (χ0n) is 12.0. The van der Waals surface area contributed by atoms with Crippen LogP contribution in [0.4, 0.5) is 0 Å². The molecular formula is C16H17ClO4. The Balaban J connectivity index is 2.35. The van der Waals surface area contributed by atoms with E-state index in [1.54, 1.807) is 32.0 Å². The van der Waals surface area contributed by atoms with Crippen molar-refractivity contribution >= 4 is 23.5 Å². The summed E-state index contributed by atoms with van der Waals surface area (Å²) in [5.41, 5.74) is 0.776. The molecule has 0 heterocycles. The highest BCUT2D eigenvalue weighted by Crippen LogP contribution is 2.22. The van der Waals surface area contributed by atoms with Crippen LogP contribution in [0.25, 0.3) is 0 Å². The SMILES string of the molecule is C#CC(C)OC(=O)CCCC(=O)Oc1ccc(Cl)cc1C. The van der Waals surface area contributed by atoms with Crippen LogP contribution in [0, 0.1) is 19.3 Å². The molecule has 0 aliphatic rings. The average Bonchev–Trinajstić information content (AvgIpc) is 2.41. The van der Waals surface area contributed by atoms with Gasteiger partial charge in [0.1, 0.15) is 5.75 Å². The van der Waals surface area contributed by atoms with Gasteiger partial charge in [0.25, 0.3) is 0 Å². The van der Waals surface area contributed by atoms with E-state index >= 15 is 0 Å². The number of carbonyl (C=O) groups excluding carboxylic acids is 2. The van der Waals surface area contributed by atoms with Crippen LogP contribution in [-0.4, -0.2) is 18.0 Å². The van der Waals surface area contributed by atoms with Crippen LogP contribution < -0.4 is 4.74 Å². The average molecular weight is 309 g/mol. The molecule has 0 N–H and O–H groups in total. The number of carbonyl (C=O) groups is 2. The molecule has 1 unspecified atom stereocenters. The van der Waals surface area contributed by atoms with Crippen molar-refractivity contribution in [3.05, 3.63) is 28.8 Å². The van der Waals surface area contributed by atoms with Crippen molar-refractivity contribution in [2.45, 2.75) is 39.2 Å². The van der Waals surface area contributed by atoms with Crippen molar-refractivity contribution in [3.63, 3.8) is 0 Å². The molecule has 0 fully saturated rings. The second kappa shape index (κ2) is 8.33. The molecule has 0 amide bonds. The summed E-state index contributed by atoms with van der Waals surface area (Å²) in [6.45, 7) is 3.41. The minimum Gasteiger partial charge on any atom is -0.449 e. The molecule has 0 saturated carbocycles. The van der Waals surface area contributed by atoms with E-state index in [0.29, 0.717) is 17.2 Å². The highest BCUT2D eigenvalue weighted by Gasteiger charge is 2.11. The van der Waals surface area contributed by atoms with Crippen LogP contribution in [0.2, 0.25) is 5.02 Å². The number of halogens is 1. The fourth-order valence-corrected chi connectivity index (χ4v) is 1.79. The first-order chi connectivity index (χ1) is 9.92. The van der Waals surface area contributed by atoms with Crippen molar-refractivity contribution in [2.75, 3.05) is 0 Å². The van der Waals surface area contributed by atoms with Crippen molar-refractivity contribution < 1.29 is 19.1 Å². The third-order valence-electron chi connectivity index (χ3n) is 2.67. The van der Waals surface area contributed by atoms with Gasteiger partial charge in [0.05, 0.1) is 0 Å². The Morgan fingerprint density at radius 2 is 2.00 bits per heavy atom. The number of benzene rings is 1. The maximum Gasteiger partial charge on any atom is 0.311 e. The fraction of sp³-hybridized carbons (Fsp3) is 0.375.